The van der Waals surface area contributed by atoms with E-state index in [-0.39, 0.29) is 11.9 Å². The Morgan fingerprint density at radius 3 is 2.67 bits per heavy atom. The minimum absolute atomic E-state index is 0.102. The van der Waals surface area contributed by atoms with E-state index >= 15 is 0 Å². The van der Waals surface area contributed by atoms with Gasteiger partial charge in [0, 0.05) is 11.6 Å². The Morgan fingerprint density at radius 2 is 2.04 bits per heavy atom. The number of nitrogens with zero attached hydrogens (tertiary/aromatic N) is 1. The summed E-state index contributed by atoms with van der Waals surface area (Å²) in [4.78, 5) is 12.5. The molecule has 0 saturated carbocycles. The summed E-state index contributed by atoms with van der Waals surface area (Å²) in [6.45, 7) is 8.26. The van der Waals surface area contributed by atoms with Crippen molar-refractivity contribution in [1.29, 1.82) is 0 Å². The Hall–Kier alpha value is -2.50. The predicted octanol–water partition coefficient (Wildman–Crippen LogP) is 4.58. The van der Waals surface area contributed by atoms with Crippen molar-refractivity contribution in [2.45, 2.75) is 66.0 Å². The van der Waals surface area contributed by atoms with Crippen molar-refractivity contribution < 1.29 is 18.8 Å². The Balaban J connectivity index is 2.01. The molecule has 0 radical (unpaired) electrons. The second-order valence-corrected chi connectivity index (χ2v) is 6.83. The number of amides is 1. The third kappa shape index (κ3) is 5.74. The molecule has 0 aliphatic heterocycles. The fourth-order valence-corrected chi connectivity index (χ4v) is 2.87. The number of aromatic nitrogens is 1. The molecule has 27 heavy (non-hydrogen) atoms. The molecule has 1 aromatic carbocycles. The van der Waals surface area contributed by atoms with Crippen molar-refractivity contribution in [3.8, 4) is 11.5 Å². The van der Waals surface area contributed by atoms with E-state index in [1.807, 2.05) is 20.8 Å². The predicted molar refractivity (Wildman–Crippen MR) is 104 cm³/mol. The standard InChI is InChI=1S/C21H30N2O4/c1-6-7-8-9-14(2)22-21(24)17-10-11-19(20(12-17)25-5)26-13-18-15(3)23-27-16(18)4/h10-12,14H,6-9,13H2,1-5H3,(H,22,24). The second-order valence-electron chi connectivity index (χ2n) is 6.83. The number of hydrogen-bond acceptors (Lipinski definition) is 5. The summed E-state index contributed by atoms with van der Waals surface area (Å²) in [7, 11) is 1.56. The average molecular weight is 374 g/mol. The maximum absolute atomic E-state index is 12.5. The van der Waals surface area contributed by atoms with Crippen LogP contribution in [0.25, 0.3) is 0 Å². The Kier molecular flexibility index (Phi) is 7.70. The van der Waals surface area contributed by atoms with Crippen LogP contribution in [0.3, 0.4) is 0 Å². The van der Waals surface area contributed by atoms with Crippen molar-refractivity contribution in [2.75, 3.05) is 7.11 Å². The molecule has 0 aliphatic carbocycles. The quantitative estimate of drug-likeness (QED) is 0.616. The molecule has 148 valence electrons. The van der Waals surface area contributed by atoms with E-state index in [4.69, 9.17) is 14.0 Å². The third-order valence-corrected chi connectivity index (χ3v) is 4.60. The molecule has 0 fully saturated rings. The van der Waals surface area contributed by atoms with Crippen LogP contribution in [-0.4, -0.2) is 24.2 Å². The van der Waals surface area contributed by atoms with Gasteiger partial charge in [0.15, 0.2) is 11.5 Å². The zero-order chi connectivity index (χ0) is 19.8. The largest absolute Gasteiger partial charge is 0.493 e. The third-order valence-electron chi connectivity index (χ3n) is 4.60. The fourth-order valence-electron chi connectivity index (χ4n) is 2.87. The highest BCUT2D eigenvalue weighted by molar-refractivity contribution is 5.95. The van der Waals surface area contributed by atoms with Crippen LogP contribution < -0.4 is 14.8 Å². The van der Waals surface area contributed by atoms with E-state index < -0.39 is 0 Å². The molecular formula is C21H30N2O4. The van der Waals surface area contributed by atoms with Crippen LogP contribution in [0.15, 0.2) is 22.7 Å². The van der Waals surface area contributed by atoms with Crippen molar-refractivity contribution in [1.82, 2.24) is 10.5 Å². The number of hydrogen-bond donors (Lipinski definition) is 1. The molecule has 1 amide bonds. The van der Waals surface area contributed by atoms with Crippen molar-refractivity contribution in [3.05, 3.63) is 40.8 Å². The minimum Gasteiger partial charge on any atom is -0.493 e. The van der Waals surface area contributed by atoms with Gasteiger partial charge in [-0.1, -0.05) is 31.3 Å². The van der Waals surface area contributed by atoms with Gasteiger partial charge in [-0.05, 0) is 45.4 Å². The van der Waals surface area contributed by atoms with Gasteiger partial charge in [0.1, 0.15) is 12.4 Å². The van der Waals surface area contributed by atoms with E-state index in [0.717, 1.165) is 29.9 Å². The molecular weight excluding hydrogens is 344 g/mol. The number of ether oxygens (including phenoxy) is 2. The molecule has 6 heteroatoms. The van der Waals surface area contributed by atoms with Gasteiger partial charge in [-0.3, -0.25) is 4.79 Å². The van der Waals surface area contributed by atoms with Crippen LogP contribution in [0.2, 0.25) is 0 Å². The first-order valence-electron chi connectivity index (χ1n) is 9.49. The molecule has 1 aromatic heterocycles. The fraction of sp³-hybridized carbons (Fsp3) is 0.524. The lowest BCUT2D eigenvalue weighted by molar-refractivity contribution is 0.0937. The average Bonchev–Trinajstić information content (AvgIpc) is 2.97. The number of methoxy groups -OCH3 is 1. The number of rotatable bonds is 10. The highest BCUT2D eigenvalue weighted by atomic mass is 16.5. The van der Waals surface area contributed by atoms with Crippen LogP contribution in [0.5, 0.6) is 11.5 Å². The molecule has 1 unspecified atom stereocenters. The van der Waals surface area contributed by atoms with Gasteiger partial charge in [-0.2, -0.15) is 0 Å². The first kappa shape index (κ1) is 20.8. The summed E-state index contributed by atoms with van der Waals surface area (Å²) in [6.07, 6.45) is 4.46. The van der Waals surface area contributed by atoms with Gasteiger partial charge in [-0.25, -0.2) is 0 Å². The van der Waals surface area contributed by atoms with E-state index in [9.17, 15) is 4.79 Å². The van der Waals surface area contributed by atoms with Crippen molar-refractivity contribution in [2.24, 2.45) is 0 Å². The van der Waals surface area contributed by atoms with E-state index in [1.54, 1.807) is 25.3 Å². The van der Waals surface area contributed by atoms with Gasteiger partial charge >= 0.3 is 0 Å². The zero-order valence-corrected chi connectivity index (χ0v) is 16.9. The van der Waals surface area contributed by atoms with Crippen LogP contribution in [0.4, 0.5) is 0 Å². The van der Waals surface area contributed by atoms with Gasteiger partial charge in [0.05, 0.1) is 18.4 Å². The maximum Gasteiger partial charge on any atom is 0.251 e. The maximum atomic E-state index is 12.5. The molecule has 2 rings (SSSR count). The van der Waals surface area contributed by atoms with Crippen LogP contribution >= 0.6 is 0 Å². The summed E-state index contributed by atoms with van der Waals surface area (Å²) in [6, 6.07) is 5.36. The Morgan fingerprint density at radius 1 is 1.26 bits per heavy atom. The molecule has 1 N–H and O–H groups in total. The van der Waals surface area contributed by atoms with Gasteiger partial charge in [-0.15, -0.1) is 0 Å². The van der Waals surface area contributed by atoms with Crippen LogP contribution in [-0.2, 0) is 6.61 Å². The summed E-state index contributed by atoms with van der Waals surface area (Å²) < 4.78 is 16.4. The minimum atomic E-state index is -0.102. The normalized spacial score (nSPS) is 11.9. The molecule has 2 aromatic rings. The second kappa shape index (κ2) is 10.00. The van der Waals surface area contributed by atoms with Crippen LogP contribution in [0, 0.1) is 13.8 Å². The SMILES string of the molecule is CCCCCC(C)NC(=O)c1ccc(OCc2c(C)noc2C)c(OC)c1. The first-order valence-corrected chi connectivity index (χ1v) is 9.49. The summed E-state index contributed by atoms with van der Waals surface area (Å²) in [5, 5.41) is 6.96. The van der Waals surface area contributed by atoms with Gasteiger partial charge in [0.25, 0.3) is 5.91 Å². The van der Waals surface area contributed by atoms with Crippen LogP contribution in [0.1, 0.15) is 66.9 Å². The molecule has 0 spiro atoms. The smallest absolute Gasteiger partial charge is 0.251 e. The zero-order valence-electron chi connectivity index (χ0n) is 16.9. The topological polar surface area (TPSA) is 73.6 Å². The Labute approximate surface area is 161 Å². The lowest BCUT2D eigenvalue weighted by atomic mass is 10.1. The molecule has 6 nitrogen and oxygen atoms in total. The Bertz CT molecular complexity index is 735. The van der Waals surface area contributed by atoms with E-state index in [0.29, 0.717) is 23.7 Å². The van der Waals surface area contributed by atoms with Gasteiger partial charge in [0.2, 0.25) is 0 Å². The summed E-state index contributed by atoms with van der Waals surface area (Å²) in [5.74, 6) is 1.73. The number of carbonyl (C=O) groups excluding carboxylic acids is 1. The van der Waals surface area contributed by atoms with E-state index in [2.05, 4.69) is 17.4 Å². The molecule has 1 atom stereocenters. The molecule has 0 aliphatic rings. The van der Waals surface area contributed by atoms with Gasteiger partial charge < -0.3 is 19.3 Å². The highest BCUT2D eigenvalue weighted by Crippen LogP contribution is 2.29. The number of carbonyl (C=O) groups is 1. The lowest BCUT2D eigenvalue weighted by Crippen LogP contribution is -2.32. The number of nitrogens with one attached hydrogen (secondary N) is 1. The molecule has 1 heterocycles. The number of aryl methyl sites for hydroxylation is 2. The summed E-state index contributed by atoms with van der Waals surface area (Å²) in [5.41, 5.74) is 2.28. The molecule has 0 saturated heterocycles. The summed E-state index contributed by atoms with van der Waals surface area (Å²) >= 11 is 0. The van der Waals surface area contributed by atoms with Crippen molar-refractivity contribution in [3.63, 3.8) is 0 Å². The lowest BCUT2D eigenvalue weighted by Gasteiger charge is -2.15. The monoisotopic (exact) mass is 374 g/mol. The molecule has 0 bridgehead atoms. The first-order chi connectivity index (χ1) is 13.0. The van der Waals surface area contributed by atoms with Crippen molar-refractivity contribution >= 4 is 5.91 Å². The van der Waals surface area contributed by atoms with E-state index in [1.165, 1.54) is 12.8 Å². The number of benzene rings is 1. The highest BCUT2D eigenvalue weighted by Gasteiger charge is 2.15. The number of unbranched alkanes of at least 4 members (excludes halogenated alkanes) is 2.